The standard InChI is InChI=1S/C27H30FN4O8P/c1-3-27(28)23(33)21(39-25(27)32-15-14-22(29)30-26(32)35)17-38-41(36,40-20-12-8-5-9-13-20)31-18(2)24(34)37-16-19-10-6-4-7-11-19/h3-15,18,21,23,25,33H,1,16-17H2,2H3,(H,31,36)(H2,29,30,35)/t18-,21+,23?,25+,27?,41+/m0/s1. The molecule has 4 rings (SSSR count). The molecule has 6 atom stereocenters. The lowest BCUT2D eigenvalue weighted by atomic mass is 9.96. The number of carbonyl (C=O) groups excluding carboxylic acids is 1. The average molecular weight is 589 g/mol. The van der Waals surface area contributed by atoms with Gasteiger partial charge >= 0.3 is 19.4 Å². The van der Waals surface area contributed by atoms with E-state index in [1.807, 2.05) is 6.07 Å². The van der Waals surface area contributed by atoms with Crippen LogP contribution >= 0.6 is 7.75 Å². The van der Waals surface area contributed by atoms with Crippen molar-refractivity contribution in [1.82, 2.24) is 14.6 Å². The van der Waals surface area contributed by atoms with Crippen molar-refractivity contribution in [3.63, 3.8) is 0 Å². The number of alkyl halides is 1. The first-order chi connectivity index (χ1) is 19.5. The van der Waals surface area contributed by atoms with Crippen molar-refractivity contribution in [2.45, 2.75) is 43.7 Å². The molecule has 2 heterocycles. The van der Waals surface area contributed by atoms with E-state index in [4.69, 9.17) is 24.3 Å². The van der Waals surface area contributed by atoms with E-state index in [9.17, 15) is 19.3 Å². The molecular formula is C27H30FN4O8P. The van der Waals surface area contributed by atoms with Gasteiger partial charge in [0, 0.05) is 6.20 Å². The van der Waals surface area contributed by atoms with Gasteiger partial charge in [0.15, 0.2) is 6.23 Å². The van der Waals surface area contributed by atoms with Crippen LogP contribution in [0.5, 0.6) is 5.75 Å². The van der Waals surface area contributed by atoms with E-state index in [0.717, 1.165) is 22.4 Å². The van der Waals surface area contributed by atoms with Gasteiger partial charge in [-0.05, 0) is 36.8 Å². The number of nitrogen functional groups attached to an aromatic ring is 1. The second-order valence-corrected chi connectivity index (χ2v) is 10.9. The van der Waals surface area contributed by atoms with Gasteiger partial charge in [-0.1, -0.05) is 55.1 Å². The highest BCUT2D eigenvalue weighted by atomic mass is 31.2. The van der Waals surface area contributed by atoms with Gasteiger partial charge in [0.1, 0.15) is 36.4 Å². The number of ether oxygens (including phenoxy) is 2. The highest BCUT2D eigenvalue weighted by molar-refractivity contribution is 7.52. The molecule has 0 aliphatic carbocycles. The summed E-state index contributed by atoms with van der Waals surface area (Å²) in [5.41, 5.74) is 2.70. The molecule has 218 valence electrons. The van der Waals surface area contributed by atoms with Crippen LogP contribution in [0, 0.1) is 0 Å². The molecule has 0 bridgehead atoms. The van der Waals surface area contributed by atoms with Crippen molar-refractivity contribution >= 4 is 19.5 Å². The molecule has 0 radical (unpaired) electrons. The number of halogens is 1. The summed E-state index contributed by atoms with van der Waals surface area (Å²) < 4.78 is 52.6. The molecule has 1 fully saturated rings. The number of nitrogens with two attached hydrogens (primary N) is 1. The van der Waals surface area contributed by atoms with Gasteiger partial charge in [0.25, 0.3) is 0 Å². The van der Waals surface area contributed by atoms with Crippen LogP contribution in [0.4, 0.5) is 10.2 Å². The zero-order chi connectivity index (χ0) is 29.6. The zero-order valence-corrected chi connectivity index (χ0v) is 22.9. The molecular weight excluding hydrogens is 558 g/mol. The fourth-order valence-electron chi connectivity index (χ4n) is 4.04. The number of aliphatic hydroxyl groups excluding tert-OH is 1. The largest absolute Gasteiger partial charge is 0.460 e. The van der Waals surface area contributed by atoms with E-state index in [0.29, 0.717) is 0 Å². The fraction of sp³-hybridized carbons (Fsp3) is 0.296. The highest BCUT2D eigenvalue weighted by Gasteiger charge is 2.57. The van der Waals surface area contributed by atoms with Crippen molar-refractivity contribution in [1.29, 1.82) is 0 Å². The minimum Gasteiger partial charge on any atom is -0.460 e. The van der Waals surface area contributed by atoms with Crippen LogP contribution in [0.1, 0.15) is 18.7 Å². The summed E-state index contributed by atoms with van der Waals surface area (Å²) in [4.78, 5) is 28.6. The second-order valence-electron chi connectivity index (χ2n) is 9.19. The predicted molar refractivity (Wildman–Crippen MR) is 146 cm³/mol. The molecule has 41 heavy (non-hydrogen) atoms. The first-order valence-corrected chi connectivity index (χ1v) is 14.1. The molecule has 3 aromatic rings. The SMILES string of the molecule is C=CC1(F)C(O)[C@@H](CO[P@](=O)(N[C@@H](C)C(=O)OCc2ccccc2)Oc2ccccc2)O[C@H]1n1ccc(N)nc1=O. The first-order valence-electron chi connectivity index (χ1n) is 12.5. The summed E-state index contributed by atoms with van der Waals surface area (Å²) in [6.07, 6.45) is -3.06. The second kappa shape index (κ2) is 12.8. The van der Waals surface area contributed by atoms with E-state index in [-0.39, 0.29) is 18.2 Å². The number of esters is 1. The number of anilines is 1. The number of nitrogens with zero attached hydrogens (tertiary/aromatic N) is 2. The Balaban J connectivity index is 1.50. The topological polar surface area (TPSA) is 164 Å². The Bertz CT molecular complexity index is 1460. The van der Waals surface area contributed by atoms with Crippen molar-refractivity contribution in [2.24, 2.45) is 0 Å². The Morgan fingerprint density at radius 1 is 1.27 bits per heavy atom. The summed E-state index contributed by atoms with van der Waals surface area (Å²) in [6, 6.07) is 17.1. The molecule has 12 nitrogen and oxygen atoms in total. The molecule has 0 saturated carbocycles. The lowest BCUT2D eigenvalue weighted by Gasteiger charge is -2.26. The maximum absolute atomic E-state index is 15.9. The number of aliphatic hydroxyl groups is 1. The van der Waals surface area contributed by atoms with Crippen LogP contribution in [0.3, 0.4) is 0 Å². The van der Waals surface area contributed by atoms with E-state index in [2.05, 4.69) is 16.7 Å². The lowest BCUT2D eigenvalue weighted by molar-refractivity contribution is -0.146. The quantitative estimate of drug-likeness (QED) is 0.162. The predicted octanol–water partition coefficient (Wildman–Crippen LogP) is 2.90. The minimum absolute atomic E-state index is 0.0145. The van der Waals surface area contributed by atoms with Crippen LogP contribution in [0.2, 0.25) is 0 Å². The van der Waals surface area contributed by atoms with E-state index in [1.54, 1.807) is 42.5 Å². The Morgan fingerprint density at radius 3 is 2.56 bits per heavy atom. The number of aromatic nitrogens is 2. The lowest BCUT2D eigenvalue weighted by Crippen LogP contribution is -2.44. The molecule has 1 aliphatic heterocycles. The summed E-state index contributed by atoms with van der Waals surface area (Å²) in [7, 11) is -4.37. The number of nitrogens with one attached hydrogen (secondary N) is 1. The number of carbonyl (C=O) groups is 1. The van der Waals surface area contributed by atoms with Crippen molar-refractivity contribution in [3.8, 4) is 5.75 Å². The molecule has 1 aliphatic rings. The minimum atomic E-state index is -4.37. The van der Waals surface area contributed by atoms with Gasteiger partial charge in [0.05, 0.1) is 6.61 Å². The summed E-state index contributed by atoms with van der Waals surface area (Å²) in [5, 5.41) is 13.3. The summed E-state index contributed by atoms with van der Waals surface area (Å²) in [5.74, 6) is -0.685. The zero-order valence-electron chi connectivity index (χ0n) is 22.0. The van der Waals surface area contributed by atoms with Crippen LogP contribution in [-0.4, -0.2) is 51.2 Å². The number of rotatable bonds is 12. The molecule has 2 aromatic carbocycles. The third kappa shape index (κ3) is 7.07. The molecule has 2 unspecified atom stereocenters. The molecule has 0 spiro atoms. The molecule has 14 heteroatoms. The van der Waals surface area contributed by atoms with Gasteiger partial charge in [-0.15, -0.1) is 0 Å². The number of hydrogen-bond donors (Lipinski definition) is 3. The van der Waals surface area contributed by atoms with Gasteiger partial charge < -0.3 is 24.8 Å². The smallest absolute Gasteiger partial charge is 0.459 e. The maximum Gasteiger partial charge on any atom is 0.459 e. The van der Waals surface area contributed by atoms with E-state index >= 15 is 4.39 Å². The van der Waals surface area contributed by atoms with Crippen LogP contribution < -0.4 is 21.0 Å². The van der Waals surface area contributed by atoms with Gasteiger partial charge in [-0.2, -0.15) is 10.1 Å². The first kappa shape index (κ1) is 30.1. The summed E-state index contributed by atoms with van der Waals surface area (Å²) >= 11 is 0. The Kier molecular flexibility index (Phi) is 9.36. The van der Waals surface area contributed by atoms with E-state index < -0.39 is 56.2 Å². The van der Waals surface area contributed by atoms with Crippen LogP contribution in [0.25, 0.3) is 0 Å². The molecule has 4 N–H and O–H groups in total. The normalized spacial score (nSPS) is 24.2. The molecule has 1 saturated heterocycles. The number of hydrogen-bond acceptors (Lipinski definition) is 10. The van der Waals surface area contributed by atoms with Crippen LogP contribution in [0.15, 0.2) is 90.4 Å². The third-order valence-electron chi connectivity index (χ3n) is 6.21. The highest BCUT2D eigenvalue weighted by Crippen LogP contribution is 2.48. The average Bonchev–Trinajstić information content (AvgIpc) is 3.21. The Labute approximate surface area is 235 Å². The van der Waals surface area contributed by atoms with Gasteiger partial charge in [-0.3, -0.25) is 13.9 Å². The molecule has 0 amide bonds. The van der Waals surface area contributed by atoms with Crippen LogP contribution in [-0.2, 0) is 30.0 Å². The fourth-order valence-corrected chi connectivity index (χ4v) is 5.54. The molecule has 1 aromatic heterocycles. The van der Waals surface area contributed by atoms with Gasteiger partial charge in [0.2, 0.25) is 5.67 Å². The Hall–Kier alpha value is -3.87. The number of para-hydroxylation sites is 1. The third-order valence-corrected chi connectivity index (χ3v) is 7.86. The van der Waals surface area contributed by atoms with Gasteiger partial charge in [-0.25, -0.2) is 13.8 Å². The van der Waals surface area contributed by atoms with Crippen molar-refractivity contribution in [2.75, 3.05) is 12.3 Å². The Morgan fingerprint density at radius 2 is 1.93 bits per heavy atom. The van der Waals surface area contributed by atoms with Crippen molar-refractivity contribution in [3.05, 3.63) is 102 Å². The monoisotopic (exact) mass is 588 g/mol. The maximum atomic E-state index is 15.9. The van der Waals surface area contributed by atoms with Crippen molar-refractivity contribution < 1.29 is 37.4 Å². The summed E-state index contributed by atoms with van der Waals surface area (Å²) in [6.45, 7) is 4.14. The number of benzene rings is 2. The van der Waals surface area contributed by atoms with E-state index in [1.165, 1.54) is 25.1 Å².